The summed E-state index contributed by atoms with van der Waals surface area (Å²) in [6.45, 7) is 0.224. The summed E-state index contributed by atoms with van der Waals surface area (Å²) in [5.74, 6) is -0.124. The van der Waals surface area contributed by atoms with E-state index in [0.29, 0.717) is 17.0 Å². The summed E-state index contributed by atoms with van der Waals surface area (Å²) < 4.78 is 12.7. The highest BCUT2D eigenvalue weighted by Gasteiger charge is 2.34. The van der Waals surface area contributed by atoms with Crippen LogP contribution in [0.4, 0.5) is 0 Å². The molecule has 0 saturated heterocycles. The lowest BCUT2D eigenvalue weighted by Crippen LogP contribution is -2.24. The number of carbonyl (C=O) groups excluding carboxylic acids is 2. The molecule has 4 rings (SSSR count). The fourth-order valence-electron chi connectivity index (χ4n) is 3.35. The molecule has 31 heavy (non-hydrogen) atoms. The largest absolute Gasteiger partial charge is 0.496 e. The molecule has 0 atom stereocenters. The molecule has 2 aromatic carbocycles. The van der Waals surface area contributed by atoms with Crippen LogP contribution in [0.25, 0.3) is 5.69 Å². The van der Waals surface area contributed by atoms with Gasteiger partial charge in [0.05, 0.1) is 25.6 Å². The minimum absolute atomic E-state index is 0.224. The van der Waals surface area contributed by atoms with Crippen LogP contribution in [0.1, 0.15) is 50.9 Å². The van der Waals surface area contributed by atoms with Crippen molar-refractivity contribution in [2.24, 2.45) is 0 Å². The zero-order valence-electron chi connectivity index (χ0n) is 17.1. The van der Waals surface area contributed by atoms with Gasteiger partial charge in [0.2, 0.25) is 0 Å². The highest BCUT2D eigenvalue weighted by atomic mass is 79.9. The van der Waals surface area contributed by atoms with Crippen LogP contribution in [-0.2, 0) is 11.3 Å². The molecular formula is C22H21BrN4O4. The molecule has 1 heterocycles. The Kier molecular flexibility index (Phi) is 6.03. The monoisotopic (exact) mass is 484 g/mol. The lowest BCUT2D eigenvalue weighted by molar-refractivity contribution is 0.0597. The summed E-state index contributed by atoms with van der Waals surface area (Å²) in [6, 6.07) is 12.8. The molecule has 0 bridgehead atoms. The van der Waals surface area contributed by atoms with Crippen LogP contribution in [0.5, 0.6) is 5.75 Å². The first-order valence-electron chi connectivity index (χ1n) is 9.76. The third-order valence-electron chi connectivity index (χ3n) is 5.08. The molecule has 0 unspecified atom stereocenters. The Bertz CT molecular complexity index is 1120. The van der Waals surface area contributed by atoms with Crippen molar-refractivity contribution in [2.75, 3.05) is 14.2 Å². The molecule has 1 aliphatic carbocycles. The van der Waals surface area contributed by atoms with Crippen LogP contribution in [0.15, 0.2) is 46.9 Å². The molecule has 1 amide bonds. The van der Waals surface area contributed by atoms with Crippen molar-refractivity contribution in [3.8, 4) is 11.4 Å². The van der Waals surface area contributed by atoms with Gasteiger partial charge in [0.25, 0.3) is 5.91 Å². The quantitative estimate of drug-likeness (QED) is 0.514. The molecule has 9 heteroatoms. The first kappa shape index (κ1) is 21.0. The fraction of sp³-hybridized carbons (Fsp3) is 0.273. The van der Waals surface area contributed by atoms with E-state index in [1.165, 1.54) is 14.2 Å². The molecule has 1 fully saturated rings. The van der Waals surface area contributed by atoms with E-state index in [1.807, 2.05) is 24.3 Å². The van der Waals surface area contributed by atoms with Crippen molar-refractivity contribution in [1.82, 2.24) is 20.3 Å². The Hall–Kier alpha value is -3.20. The van der Waals surface area contributed by atoms with E-state index < -0.39 is 5.97 Å². The predicted octanol–water partition coefficient (Wildman–Crippen LogP) is 3.63. The molecule has 160 valence electrons. The molecule has 1 aromatic heterocycles. The summed E-state index contributed by atoms with van der Waals surface area (Å²) in [5.41, 5.74) is 3.05. The van der Waals surface area contributed by atoms with Gasteiger partial charge in [-0.05, 0) is 54.8 Å². The SMILES string of the molecule is COC(=O)c1cc(CNC(=O)c2nnn(-c3ccc(Br)cc3)c2C2CC2)ccc1OC. The lowest BCUT2D eigenvalue weighted by Gasteiger charge is -2.10. The topological polar surface area (TPSA) is 95.3 Å². The maximum absolute atomic E-state index is 12.9. The van der Waals surface area contributed by atoms with Crippen molar-refractivity contribution in [2.45, 2.75) is 25.3 Å². The number of aromatic nitrogens is 3. The Morgan fingerprint density at radius 3 is 2.55 bits per heavy atom. The van der Waals surface area contributed by atoms with E-state index in [4.69, 9.17) is 9.47 Å². The Balaban J connectivity index is 1.55. The summed E-state index contributed by atoms with van der Waals surface area (Å²) >= 11 is 3.43. The summed E-state index contributed by atoms with van der Waals surface area (Å²) in [5, 5.41) is 11.3. The average Bonchev–Trinajstić information content (AvgIpc) is 3.55. The maximum atomic E-state index is 12.9. The average molecular weight is 485 g/mol. The van der Waals surface area contributed by atoms with Gasteiger partial charge >= 0.3 is 5.97 Å². The molecular weight excluding hydrogens is 464 g/mol. The minimum atomic E-state index is -0.501. The van der Waals surface area contributed by atoms with Crippen LogP contribution < -0.4 is 10.1 Å². The number of rotatable bonds is 7. The second kappa shape index (κ2) is 8.89. The van der Waals surface area contributed by atoms with E-state index in [1.54, 1.807) is 22.9 Å². The lowest BCUT2D eigenvalue weighted by atomic mass is 10.1. The van der Waals surface area contributed by atoms with Crippen LogP contribution in [0, 0.1) is 0 Å². The van der Waals surface area contributed by atoms with E-state index in [9.17, 15) is 9.59 Å². The van der Waals surface area contributed by atoms with Crippen molar-refractivity contribution < 1.29 is 19.1 Å². The second-order valence-corrected chi connectivity index (χ2v) is 8.11. The van der Waals surface area contributed by atoms with Gasteiger partial charge in [-0.25, -0.2) is 9.48 Å². The molecule has 1 saturated carbocycles. The van der Waals surface area contributed by atoms with Gasteiger partial charge < -0.3 is 14.8 Å². The molecule has 1 aliphatic rings. The Morgan fingerprint density at radius 2 is 1.90 bits per heavy atom. The number of ether oxygens (including phenoxy) is 2. The normalized spacial score (nSPS) is 13.0. The van der Waals surface area contributed by atoms with Crippen LogP contribution in [-0.4, -0.2) is 41.1 Å². The number of nitrogens with zero attached hydrogens (tertiary/aromatic N) is 3. The third kappa shape index (κ3) is 4.46. The Labute approximate surface area is 187 Å². The summed E-state index contributed by atoms with van der Waals surface area (Å²) in [7, 11) is 2.79. The third-order valence-corrected chi connectivity index (χ3v) is 5.61. The highest BCUT2D eigenvalue weighted by molar-refractivity contribution is 9.10. The maximum Gasteiger partial charge on any atom is 0.341 e. The predicted molar refractivity (Wildman–Crippen MR) is 117 cm³/mol. The first-order chi connectivity index (χ1) is 15.0. The van der Waals surface area contributed by atoms with E-state index in [-0.39, 0.29) is 18.4 Å². The van der Waals surface area contributed by atoms with Crippen molar-refractivity contribution in [3.05, 3.63) is 69.5 Å². The number of hydrogen-bond donors (Lipinski definition) is 1. The number of benzene rings is 2. The number of halogens is 1. The van der Waals surface area contributed by atoms with Gasteiger partial charge in [0, 0.05) is 16.9 Å². The molecule has 8 nitrogen and oxygen atoms in total. The minimum Gasteiger partial charge on any atom is -0.496 e. The van der Waals surface area contributed by atoms with Gasteiger partial charge in [-0.15, -0.1) is 5.10 Å². The van der Waals surface area contributed by atoms with Crippen molar-refractivity contribution in [3.63, 3.8) is 0 Å². The smallest absolute Gasteiger partial charge is 0.341 e. The number of methoxy groups -OCH3 is 2. The molecule has 0 aliphatic heterocycles. The summed E-state index contributed by atoms with van der Waals surface area (Å²) in [4.78, 5) is 24.9. The number of esters is 1. The standard InChI is InChI=1S/C22H21BrN4O4/c1-30-18-10-3-13(11-17(18)22(29)31-2)12-24-21(28)19-20(14-4-5-14)27(26-25-19)16-8-6-15(23)7-9-16/h3,6-11,14H,4-5,12H2,1-2H3,(H,24,28). The summed E-state index contributed by atoms with van der Waals surface area (Å²) in [6.07, 6.45) is 2.01. The molecule has 3 aromatic rings. The Morgan fingerprint density at radius 1 is 1.16 bits per heavy atom. The number of nitrogens with one attached hydrogen (secondary N) is 1. The zero-order valence-corrected chi connectivity index (χ0v) is 18.7. The van der Waals surface area contributed by atoms with Crippen LogP contribution in [0.2, 0.25) is 0 Å². The fourth-order valence-corrected chi connectivity index (χ4v) is 3.61. The molecule has 0 radical (unpaired) electrons. The van der Waals surface area contributed by atoms with Crippen LogP contribution in [0.3, 0.4) is 0 Å². The highest BCUT2D eigenvalue weighted by Crippen LogP contribution is 2.42. The first-order valence-corrected chi connectivity index (χ1v) is 10.6. The van der Waals surface area contributed by atoms with Gasteiger partial charge in [0.15, 0.2) is 5.69 Å². The van der Waals surface area contributed by atoms with Gasteiger partial charge in [-0.1, -0.05) is 27.2 Å². The number of hydrogen-bond acceptors (Lipinski definition) is 6. The second-order valence-electron chi connectivity index (χ2n) is 7.19. The van der Waals surface area contributed by atoms with E-state index in [2.05, 4.69) is 31.6 Å². The van der Waals surface area contributed by atoms with E-state index in [0.717, 1.165) is 34.3 Å². The molecule has 0 spiro atoms. The van der Waals surface area contributed by atoms with Gasteiger partial charge in [0.1, 0.15) is 11.3 Å². The van der Waals surface area contributed by atoms with E-state index >= 15 is 0 Å². The van der Waals surface area contributed by atoms with Gasteiger partial charge in [-0.3, -0.25) is 4.79 Å². The van der Waals surface area contributed by atoms with Crippen molar-refractivity contribution in [1.29, 1.82) is 0 Å². The van der Waals surface area contributed by atoms with Gasteiger partial charge in [-0.2, -0.15) is 0 Å². The number of amides is 1. The molecule has 1 N–H and O–H groups in total. The van der Waals surface area contributed by atoms with Crippen molar-refractivity contribution >= 4 is 27.8 Å². The number of carbonyl (C=O) groups is 2. The van der Waals surface area contributed by atoms with Crippen LogP contribution >= 0.6 is 15.9 Å². The zero-order chi connectivity index (χ0) is 22.0.